The third kappa shape index (κ3) is 1.27. The van der Waals surface area contributed by atoms with Crippen LogP contribution in [0.2, 0.25) is 5.02 Å². The van der Waals surface area contributed by atoms with Gasteiger partial charge in [-0.2, -0.15) is 0 Å². The fraction of sp³-hybridized carbons (Fsp3) is 0.333. The summed E-state index contributed by atoms with van der Waals surface area (Å²) in [6, 6.07) is 5.65. The van der Waals surface area contributed by atoms with Crippen molar-refractivity contribution >= 4 is 23.2 Å². The standard InChI is InChI=1S/C9H8Cl2O/c10-4-6-5-12-9-2-1-7(11)3-8(6)9/h1-3,6H,4-5H2. The minimum absolute atomic E-state index is 0.306. The van der Waals surface area contributed by atoms with E-state index in [-0.39, 0.29) is 0 Å². The maximum absolute atomic E-state index is 5.85. The molecule has 3 heteroatoms. The SMILES string of the molecule is ClCC1COc2ccc(Cl)cc21. The third-order valence-electron chi connectivity index (χ3n) is 2.04. The molecule has 0 N–H and O–H groups in total. The molecular weight excluding hydrogens is 195 g/mol. The molecule has 1 nitrogen and oxygen atoms in total. The Hall–Kier alpha value is -0.400. The van der Waals surface area contributed by atoms with Gasteiger partial charge in [0.05, 0.1) is 6.61 Å². The monoisotopic (exact) mass is 202 g/mol. The van der Waals surface area contributed by atoms with Gasteiger partial charge in [0.1, 0.15) is 5.75 Å². The fourth-order valence-electron chi connectivity index (χ4n) is 1.38. The summed E-state index contributed by atoms with van der Waals surface area (Å²) in [7, 11) is 0. The van der Waals surface area contributed by atoms with Gasteiger partial charge in [-0.05, 0) is 18.2 Å². The lowest BCUT2D eigenvalue weighted by Crippen LogP contribution is -2.00. The zero-order chi connectivity index (χ0) is 8.55. The molecule has 1 unspecified atom stereocenters. The first-order valence-electron chi connectivity index (χ1n) is 3.79. The van der Waals surface area contributed by atoms with E-state index in [4.69, 9.17) is 27.9 Å². The smallest absolute Gasteiger partial charge is 0.123 e. The van der Waals surface area contributed by atoms with Crippen LogP contribution in [0.15, 0.2) is 18.2 Å². The molecule has 0 aromatic heterocycles. The van der Waals surface area contributed by atoms with Crippen molar-refractivity contribution in [3.8, 4) is 5.75 Å². The van der Waals surface area contributed by atoms with Crippen LogP contribution in [0.4, 0.5) is 0 Å². The number of hydrogen-bond acceptors (Lipinski definition) is 1. The minimum Gasteiger partial charge on any atom is -0.493 e. The van der Waals surface area contributed by atoms with Crippen LogP contribution in [0.1, 0.15) is 11.5 Å². The van der Waals surface area contributed by atoms with E-state index in [0.717, 1.165) is 16.3 Å². The molecule has 0 fully saturated rings. The zero-order valence-electron chi connectivity index (χ0n) is 6.39. The number of rotatable bonds is 1. The Labute approximate surface area is 81.2 Å². The summed E-state index contributed by atoms with van der Waals surface area (Å²) in [5.41, 5.74) is 1.14. The van der Waals surface area contributed by atoms with Gasteiger partial charge < -0.3 is 4.74 Å². The van der Waals surface area contributed by atoms with Gasteiger partial charge in [-0.25, -0.2) is 0 Å². The van der Waals surface area contributed by atoms with Crippen LogP contribution in [0.25, 0.3) is 0 Å². The van der Waals surface area contributed by atoms with E-state index in [1.807, 2.05) is 18.2 Å². The Morgan fingerprint density at radius 1 is 1.50 bits per heavy atom. The van der Waals surface area contributed by atoms with Crippen molar-refractivity contribution in [1.82, 2.24) is 0 Å². The van der Waals surface area contributed by atoms with Crippen LogP contribution in [0.3, 0.4) is 0 Å². The van der Waals surface area contributed by atoms with Crippen molar-refractivity contribution in [1.29, 1.82) is 0 Å². The highest BCUT2D eigenvalue weighted by atomic mass is 35.5. The first-order valence-corrected chi connectivity index (χ1v) is 4.70. The molecule has 0 amide bonds. The van der Waals surface area contributed by atoms with E-state index in [1.165, 1.54) is 0 Å². The highest BCUT2D eigenvalue weighted by Gasteiger charge is 2.22. The fourth-order valence-corrected chi connectivity index (χ4v) is 1.81. The highest BCUT2D eigenvalue weighted by Crippen LogP contribution is 2.35. The average molecular weight is 203 g/mol. The van der Waals surface area contributed by atoms with Gasteiger partial charge in [-0.15, -0.1) is 11.6 Å². The van der Waals surface area contributed by atoms with Crippen LogP contribution in [-0.2, 0) is 0 Å². The van der Waals surface area contributed by atoms with Crippen LogP contribution < -0.4 is 4.74 Å². The predicted octanol–water partition coefficient (Wildman–Crippen LogP) is 3.05. The molecule has 1 aliphatic heterocycles. The molecule has 1 aromatic rings. The Morgan fingerprint density at radius 2 is 2.33 bits per heavy atom. The van der Waals surface area contributed by atoms with Gasteiger partial charge >= 0.3 is 0 Å². The van der Waals surface area contributed by atoms with Gasteiger partial charge in [0.25, 0.3) is 0 Å². The molecule has 1 aromatic carbocycles. The summed E-state index contributed by atoms with van der Waals surface area (Å²) in [6.07, 6.45) is 0. The molecular formula is C9H8Cl2O. The molecule has 1 aliphatic rings. The Morgan fingerprint density at radius 3 is 3.08 bits per heavy atom. The summed E-state index contributed by atoms with van der Waals surface area (Å²) < 4.78 is 5.41. The topological polar surface area (TPSA) is 9.23 Å². The molecule has 0 spiro atoms. The second-order valence-corrected chi connectivity index (χ2v) is 3.59. The third-order valence-corrected chi connectivity index (χ3v) is 2.65. The number of halogens is 2. The van der Waals surface area contributed by atoms with Crippen molar-refractivity contribution in [3.05, 3.63) is 28.8 Å². The molecule has 64 valence electrons. The van der Waals surface area contributed by atoms with Crippen LogP contribution in [-0.4, -0.2) is 12.5 Å². The minimum atomic E-state index is 0.306. The summed E-state index contributed by atoms with van der Waals surface area (Å²) in [6.45, 7) is 0.680. The van der Waals surface area contributed by atoms with Crippen LogP contribution in [0.5, 0.6) is 5.75 Å². The lowest BCUT2D eigenvalue weighted by atomic mass is 10.0. The molecule has 1 atom stereocenters. The number of benzene rings is 1. The first kappa shape index (κ1) is 8.21. The van der Waals surface area contributed by atoms with E-state index in [2.05, 4.69) is 0 Å². The molecule has 0 bridgehead atoms. The van der Waals surface area contributed by atoms with E-state index < -0.39 is 0 Å². The number of ether oxygens (including phenoxy) is 1. The van der Waals surface area contributed by atoms with Gasteiger partial charge in [0.15, 0.2) is 0 Å². The molecule has 0 aliphatic carbocycles. The highest BCUT2D eigenvalue weighted by molar-refractivity contribution is 6.30. The van der Waals surface area contributed by atoms with Crippen molar-refractivity contribution in [2.75, 3.05) is 12.5 Å². The Balaban J connectivity index is 2.42. The van der Waals surface area contributed by atoms with Crippen LogP contribution in [0, 0.1) is 0 Å². The maximum atomic E-state index is 5.85. The van der Waals surface area contributed by atoms with E-state index >= 15 is 0 Å². The van der Waals surface area contributed by atoms with Gasteiger partial charge in [-0.1, -0.05) is 11.6 Å². The summed E-state index contributed by atoms with van der Waals surface area (Å²) >= 11 is 11.6. The van der Waals surface area contributed by atoms with E-state index in [1.54, 1.807) is 0 Å². The first-order chi connectivity index (χ1) is 5.81. The molecule has 2 rings (SSSR count). The lowest BCUT2D eigenvalue weighted by molar-refractivity contribution is 0.338. The van der Waals surface area contributed by atoms with Gasteiger partial charge in [0, 0.05) is 22.4 Å². The van der Waals surface area contributed by atoms with Crippen molar-refractivity contribution in [2.24, 2.45) is 0 Å². The number of alkyl halides is 1. The molecule has 0 saturated carbocycles. The van der Waals surface area contributed by atoms with Gasteiger partial charge in [0.2, 0.25) is 0 Å². The number of hydrogen-bond donors (Lipinski definition) is 0. The van der Waals surface area contributed by atoms with Crippen molar-refractivity contribution in [3.63, 3.8) is 0 Å². The molecule has 0 saturated heterocycles. The van der Waals surface area contributed by atoms with E-state index in [0.29, 0.717) is 18.4 Å². The molecule has 0 radical (unpaired) electrons. The zero-order valence-corrected chi connectivity index (χ0v) is 7.90. The van der Waals surface area contributed by atoms with Crippen LogP contribution >= 0.6 is 23.2 Å². The summed E-state index contributed by atoms with van der Waals surface area (Å²) in [4.78, 5) is 0. The Bertz CT molecular complexity index is 299. The predicted molar refractivity (Wildman–Crippen MR) is 50.4 cm³/mol. The maximum Gasteiger partial charge on any atom is 0.123 e. The van der Waals surface area contributed by atoms with Crippen molar-refractivity contribution in [2.45, 2.75) is 5.92 Å². The number of fused-ring (bicyclic) bond motifs is 1. The molecule has 12 heavy (non-hydrogen) atoms. The lowest BCUT2D eigenvalue weighted by Gasteiger charge is -2.02. The average Bonchev–Trinajstić information content (AvgIpc) is 2.46. The van der Waals surface area contributed by atoms with Gasteiger partial charge in [-0.3, -0.25) is 0 Å². The summed E-state index contributed by atoms with van der Waals surface area (Å²) in [5, 5.41) is 0.745. The second-order valence-electron chi connectivity index (χ2n) is 2.84. The van der Waals surface area contributed by atoms with E-state index in [9.17, 15) is 0 Å². The Kier molecular flexibility index (Phi) is 2.16. The largest absolute Gasteiger partial charge is 0.493 e. The molecule has 1 heterocycles. The second kappa shape index (κ2) is 3.15. The summed E-state index contributed by atoms with van der Waals surface area (Å²) in [5.74, 6) is 1.82. The quantitative estimate of drug-likeness (QED) is 0.637. The normalized spacial score (nSPS) is 20.3. The van der Waals surface area contributed by atoms with Crippen molar-refractivity contribution < 1.29 is 4.74 Å².